The molecule has 0 heterocycles. The summed E-state index contributed by atoms with van der Waals surface area (Å²) in [5.41, 5.74) is 0. The Bertz CT molecular complexity index is 2010. The quantitative estimate of drug-likeness (QED) is 0.258. The van der Waals surface area contributed by atoms with Crippen LogP contribution in [0.2, 0.25) is 0 Å². The van der Waals surface area contributed by atoms with Gasteiger partial charge >= 0.3 is 5.97 Å². The maximum Gasteiger partial charge on any atom is 0.309 e. The molecule has 0 aromatic rings. The second-order valence-electron chi connectivity index (χ2n) is 48.9. The second-order valence-corrected chi connectivity index (χ2v) is 48.9. The van der Waals surface area contributed by atoms with E-state index in [2.05, 4.69) is 0 Å². The topological polar surface area (TPSA) is 26.3 Å². The maximum absolute atomic E-state index is 13.4. The number of carbonyl (C=O) groups is 1. The highest BCUT2D eigenvalue weighted by Gasteiger charge is 2.31. The Morgan fingerprint density at radius 1 is 0.122 bits per heavy atom. The summed E-state index contributed by atoms with van der Waals surface area (Å²) in [5.74, 6) is 1.69. The van der Waals surface area contributed by atoms with E-state index in [9.17, 15) is 4.79 Å². The molecule has 0 aromatic carbocycles. The Morgan fingerprint density at radius 3 is 0.331 bits per heavy atom. The van der Waals surface area contributed by atoms with Gasteiger partial charge in [-0.3, -0.25) is 4.79 Å². The highest BCUT2D eigenvalue weighted by molar-refractivity contribution is 5.72. The monoisotopic (exact) mass is 1950 g/mol. The van der Waals surface area contributed by atoms with Gasteiger partial charge < -0.3 is 4.74 Å². The molecule has 830 valence electrons. The zero-order valence-electron chi connectivity index (χ0n) is 97.4. The van der Waals surface area contributed by atoms with Gasteiger partial charge in [-0.25, -0.2) is 0 Å². The van der Waals surface area contributed by atoms with Crippen molar-refractivity contribution < 1.29 is 9.53 Å². The summed E-state index contributed by atoms with van der Waals surface area (Å²) in [5, 5.41) is 0. The molecule has 0 amide bonds. The molecule has 2 aliphatic carbocycles. The number of carbonyl (C=O) groups excluding carboxylic acids is 1. The molecule has 2 aliphatic rings. The van der Waals surface area contributed by atoms with Crippen LogP contribution in [-0.2, 0) is 9.53 Å². The summed E-state index contributed by atoms with van der Waals surface area (Å²) in [4.78, 5) is 13.4. The van der Waals surface area contributed by atoms with Crippen molar-refractivity contribution in [3.8, 4) is 0 Å². The van der Waals surface area contributed by atoms with Gasteiger partial charge in [-0.15, -0.1) is 0 Å². The van der Waals surface area contributed by atoms with Crippen molar-refractivity contribution in [1.82, 2.24) is 0 Å². The molecule has 2 heteroatoms. The SMILES string of the molecule is CCOC(=O)C1CCCCC2CCCCCCCCCCCCCCCCCCCCCCCCCCCCCCCCCCCCCCCCCCCCCCCCCCCCCCCCCCCCCCCCCCCCCCCCCCCCCCCCCCCCCCCCCCCCCCCCCCCCCCCCCCCCCCCCCCCCCCCCCCCCCC1CC2. The van der Waals surface area contributed by atoms with Crippen molar-refractivity contribution in [3.05, 3.63) is 0 Å². The van der Waals surface area contributed by atoms with E-state index in [1.807, 2.05) is 6.92 Å². The van der Waals surface area contributed by atoms with E-state index in [4.69, 9.17) is 4.74 Å². The fourth-order valence-corrected chi connectivity index (χ4v) is 25.3. The van der Waals surface area contributed by atoms with Gasteiger partial charge in [0.05, 0.1) is 12.5 Å². The van der Waals surface area contributed by atoms with Crippen LogP contribution in [0.3, 0.4) is 0 Å². The molecule has 0 aromatic heterocycles. The summed E-state index contributed by atoms with van der Waals surface area (Å²) >= 11 is 0. The van der Waals surface area contributed by atoms with Gasteiger partial charge in [-0.1, -0.05) is 822 Å². The molecule has 0 radical (unpaired) electrons. The summed E-state index contributed by atoms with van der Waals surface area (Å²) < 4.78 is 5.74. The molecule has 3 unspecified atom stereocenters. The molecule has 2 nitrogen and oxygen atoms in total. The minimum absolute atomic E-state index is 0.128. The summed E-state index contributed by atoms with van der Waals surface area (Å²) in [6.07, 6.45) is 193. The van der Waals surface area contributed by atoms with Crippen LogP contribution in [0.4, 0.5) is 0 Å². The van der Waals surface area contributed by atoms with Gasteiger partial charge in [-0.05, 0) is 38.0 Å². The molecule has 3 atom stereocenters. The predicted molar refractivity (Wildman–Crippen MR) is 632 cm³/mol. The third-order valence-electron chi connectivity index (χ3n) is 35.2. The molecule has 2 saturated carbocycles. The molecule has 0 spiro atoms. The van der Waals surface area contributed by atoms with Crippen LogP contribution in [0.1, 0.15) is 848 Å². The highest BCUT2D eigenvalue weighted by atomic mass is 16.5. The van der Waals surface area contributed by atoms with Crippen LogP contribution in [-0.4, -0.2) is 12.6 Å². The lowest BCUT2D eigenvalue weighted by Crippen LogP contribution is -2.26. The van der Waals surface area contributed by atoms with Crippen molar-refractivity contribution in [2.24, 2.45) is 17.8 Å². The fourth-order valence-electron chi connectivity index (χ4n) is 25.3. The van der Waals surface area contributed by atoms with Gasteiger partial charge in [0.1, 0.15) is 0 Å². The Kier molecular flexibility index (Phi) is 119. The van der Waals surface area contributed by atoms with Gasteiger partial charge in [0.15, 0.2) is 0 Å². The molecule has 0 saturated heterocycles. The van der Waals surface area contributed by atoms with Crippen molar-refractivity contribution in [1.29, 1.82) is 0 Å². The molecule has 0 aliphatic heterocycles. The average molecular weight is 1950 g/mol. The fraction of sp³-hybridized carbons (Fsp3) is 0.993. The predicted octanol–water partition coefficient (Wildman–Crippen LogP) is 51.5. The number of hydrogen-bond acceptors (Lipinski definition) is 2. The first kappa shape index (κ1) is 135. The van der Waals surface area contributed by atoms with E-state index in [1.165, 1.54) is 835 Å². The minimum atomic E-state index is 0.128. The van der Waals surface area contributed by atoms with E-state index in [-0.39, 0.29) is 11.9 Å². The number of fused-ring (bicyclic) bond motifs is 3. The van der Waals surface area contributed by atoms with Crippen LogP contribution in [0.5, 0.6) is 0 Å². The molecular weight excluding hydrogens is 1680 g/mol. The third kappa shape index (κ3) is 111. The number of ether oxygens (including phenoxy) is 1. The van der Waals surface area contributed by atoms with Crippen molar-refractivity contribution in [2.45, 2.75) is 848 Å². The lowest BCUT2D eigenvalue weighted by atomic mass is 9.80. The lowest BCUT2D eigenvalue weighted by molar-refractivity contribution is -0.150. The Morgan fingerprint density at radius 2 is 0.216 bits per heavy atom. The molecule has 0 N–H and O–H groups in total. The third-order valence-corrected chi connectivity index (χ3v) is 35.2. The number of esters is 1. The number of hydrogen-bond donors (Lipinski definition) is 0. The molecule has 2 fully saturated rings. The summed E-state index contributed by atoms with van der Waals surface area (Å²) in [6, 6.07) is 0. The first-order valence-electron chi connectivity index (χ1n) is 68.5. The van der Waals surface area contributed by atoms with E-state index in [1.54, 1.807) is 0 Å². The second kappa shape index (κ2) is 123. The highest BCUT2D eigenvalue weighted by Crippen LogP contribution is 2.37. The van der Waals surface area contributed by atoms with Crippen LogP contribution in [0.25, 0.3) is 0 Å². The molecule has 139 heavy (non-hydrogen) atoms. The zero-order chi connectivity index (χ0) is 98.4. The van der Waals surface area contributed by atoms with E-state index >= 15 is 0 Å². The summed E-state index contributed by atoms with van der Waals surface area (Å²) in [6.45, 7) is 2.54. The lowest BCUT2D eigenvalue weighted by Gasteiger charge is -2.26. The Balaban J connectivity index is 1.45. The van der Waals surface area contributed by atoms with Crippen molar-refractivity contribution in [2.75, 3.05) is 6.61 Å². The van der Waals surface area contributed by atoms with E-state index in [0.717, 1.165) is 12.3 Å². The van der Waals surface area contributed by atoms with Crippen LogP contribution >= 0.6 is 0 Å². The smallest absolute Gasteiger partial charge is 0.309 e. The van der Waals surface area contributed by atoms with Gasteiger partial charge in [0, 0.05) is 0 Å². The maximum atomic E-state index is 13.4. The first-order chi connectivity index (χ1) is 69.3. The van der Waals surface area contributed by atoms with Crippen LogP contribution in [0, 0.1) is 17.8 Å². The standard InChI is InChI=1S/C137H270O2/c1-2-139-137(138)136-131-127-126-129-134-128-124-122-120-118-116-114-112-110-108-106-104-102-100-98-96-94-92-90-88-86-84-82-80-78-76-74-72-70-68-66-64-62-60-58-56-54-52-50-48-46-44-42-40-38-36-34-32-30-28-26-24-22-20-18-16-14-12-10-8-6-4-3-5-7-9-11-13-15-17-19-21-23-25-27-29-31-33-35-37-39-41-43-45-47-49-51-53-55-57-59-61-63-65-67-69-71-73-75-77-79-81-83-85-87-89-91-93-95-97-99-101-103-105-107-109-111-113-115-117-119-121-123-125-130-135(136)133-132-134/h134-136H,2-133H2,1H3. The average Bonchev–Trinajstić information content (AvgIpc) is 1.85. The zero-order valence-corrected chi connectivity index (χ0v) is 97.4. The summed E-state index contributed by atoms with van der Waals surface area (Å²) in [7, 11) is 0. The van der Waals surface area contributed by atoms with E-state index < -0.39 is 0 Å². The number of rotatable bonds is 2. The van der Waals surface area contributed by atoms with Gasteiger partial charge in [-0.2, -0.15) is 0 Å². The van der Waals surface area contributed by atoms with Crippen LogP contribution in [0.15, 0.2) is 0 Å². The first-order valence-corrected chi connectivity index (χ1v) is 68.5. The Hall–Kier alpha value is -0.530. The molecule has 2 bridgehead atoms. The largest absolute Gasteiger partial charge is 0.466 e. The van der Waals surface area contributed by atoms with Gasteiger partial charge in [0.2, 0.25) is 0 Å². The van der Waals surface area contributed by atoms with Crippen LogP contribution < -0.4 is 0 Å². The van der Waals surface area contributed by atoms with Crippen molar-refractivity contribution in [3.63, 3.8) is 0 Å². The molecule has 2 rings (SSSR count). The minimum Gasteiger partial charge on any atom is -0.466 e. The van der Waals surface area contributed by atoms with Gasteiger partial charge in [0.25, 0.3) is 0 Å². The normalized spacial score (nSPS) is 25.3. The molecular formula is C137H270O2. The Labute approximate surface area is 882 Å². The van der Waals surface area contributed by atoms with Crippen molar-refractivity contribution >= 4 is 5.97 Å². The van der Waals surface area contributed by atoms with E-state index in [0.29, 0.717) is 12.5 Å².